The summed E-state index contributed by atoms with van der Waals surface area (Å²) in [6.07, 6.45) is 2.99. The first-order valence-electron chi connectivity index (χ1n) is 7.65. The Morgan fingerprint density at radius 2 is 1.90 bits per heavy atom. The monoisotopic (exact) mass is 311 g/mol. The van der Waals surface area contributed by atoms with E-state index in [1.165, 1.54) is 12.8 Å². The van der Waals surface area contributed by atoms with Gasteiger partial charge in [-0.2, -0.15) is 0 Å². The summed E-state index contributed by atoms with van der Waals surface area (Å²) in [5.74, 6) is 0. The van der Waals surface area contributed by atoms with Gasteiger partial charge in [0.25, 0.3) is 0 Å². The lowest BCUT2D eigenvalue weighted by molar-refractivity contribution is 0.185. The van der Waals surface area contributed by atoms with Gasteiger partial charge in [-0.15, -0.1) is 0 Å². The summed E-state index contributed by atoms with van der Waals surface area (Å²) in [7, 11) is -3.25. The van der Waals surface area contributed by atoms with Crippen LogP contribution in [-0.4, -0.2) is 43.4 Å². The summed E-state index contributed by atoms with van der Waals surface area (Å²) in [5.41, 5.74) is 0.993. The molecule has 1 unspecified atom stereocenters. The van der Waals surface area contributed by atoms with Crippen LogP contribution in [0.1, 0.15) is 44.7 Å². The van der Waals surface area contributed by atoms with E-state index in [-0.39, 0.29) is 12.6 Å². The molecule has 1 aliphatic heterocycles. The third-order valence-electron chi connectivity index (χ3n) is 4.18. The summed E-state index contributed by atoms with van der Waals surface area (Å²) in [4.78, 5) is 2.73. The van der Waals surface area contributed by atoms with Crippen molar-refractivity contribution >= 4 is 9.84 Å². The molecule has 0 radical (unpaired) electrons. The predicted molar refractivity (Wildman–Crippen MR) is 84.0 cm³/mol. The Morgan fingerprint density at radius 1 is 1.24 bits per heavy atom. The zero-order valence-electron chi connectivity index (χ0n) is 12.8. The van der Waals surface area contributed by atoms with Crippen molar-refractivity contribution in [2.24, 2.45) is 0 Å². The van der Waals surface area contributed by atoms with Gasteiger partial charge in [-0.25, -0.2) is 8.42 Å². The van der Waals surface area contributed by atoms with Crippen molar-refractivity contribution in [3.8, 4) is 0 Å². The van der Waals surface area contributed by atoms with Crippen molar-refractivity contribution in [1.29, 1.82) is 0 Å². The van der Waals surface area contributed by atoms with Crippen molar-refractivity contribution in [2.75, 3.05) is 19.7 Å². The minimum absolute atomic E-state index is 0.111. The molecule has 1 fully saturated rings. The number of rotatable bonds is 6. The van der Waals surface area contributed by atoms with Gasteiger partial charge in [0.15, 0.2) is 9.84 Å². The number of hydrogen-bond acceptors (Lipinski definition) is 4. The molecule has 0 spiro atoms. The molecule has 1 saturated heterocycles. The van der Waals surface area contributed by atoms with Crippen molar-refractivity contribution in [1.82, 2.24) is 4.90 Å². The van der Waals surface area contributed by atoms with E-state index < -0.39 is 15.1 Å². The Bertz CT molecular complexity index is 563. The highest BCUT2D eigenvalue weighted by Gasteiger charge is 2.25. The van der Waals surface area contributed by atoms with E-state index in [0.29, 0.717) is 11.3 Å². The molecule has 1 heterocycles. The highest BCUT2D eigenvalue weighted by molar-refractivity contribution is 7.92. The molecule has 0 bridgehead atoms. The molecule has 118 valence electrons. The summed E-state index contributed by atoms with van der Waals surface area (Å²) in [6.45, 7) is 5.56. The number of nitrogens with zero attached hydrogens (tertiary/aromatic N) is 1. The lowest BCUT2D eigenvalue weighted by Gasteiger charge is -2.27. The average Bonchev–Trinajstić information content (AvgIpc) is 2.98. The van der Waals surface area contributed by atoms with E-state index >= 15 is 0 Å². The van der Waals surface area contributed by atoms with Crippen LogP contribution in [0.15, 0.2) is 29.2 Å². The Labute approximate surface area is 127 Å². The summed E-state index contributed by atoms with van der Waals surface area (Å²) in [5, 5.41) is 8.91. The van der Waals surface area contributed by atoms with E-state index in [1.54, 1.807) is 26.0 Å². The Balaban J connectivity index is 2.33. The molecule has 4 nitrogen and oxygen atoms in total. The summed E-state index contributed by atoms with van der Waals surface area (Å²) < 4.78 is 24.6. The van der Waals surface area contributed by atoms with Crippen LogP contribution in [0.4, 0.5) is 0 Å². The van der Waals surface area contributed by atoms with Gasteiger partial charge in [0.2, 0.25) is 0 Å². The van der Waals surface area contributed by atoms with E-state index in [4.69, 9.17) is 0 Å². The van der Waals surface area contributed by atoms with Crippen LogP contribution in [0.2, 0.25) is 0 Å². The van der Waals surface area contributed by atoms with Gasteiger partial charge in [-0.3, -0.25) is 4.90 Å². The first kappa shape index (κ1) is 16.5. The van der Waals surface area contributed by atoms with Gasteiger partial charge < -0.3 is 5.11 Å². The molecule has 1 atom stereocenters. The minimum atomic E-state index is -3.25. The fourth-order valence-corrected chi connectivity index (χ4v) is 4.02. The highest BCUT2D eigenvalue weighted by atomic mass is 32.2. The normalized spacial score (nSPS) is 18.3. The molecular formula is C16H25NO3S. The molecule has 0 aliphatic carbocycles. The average molecular weight is 311 g/mol. The molecule has 5 heteroatoms. The number of sulfone groups is 1. The maximum atomic E-state index is 12.3. The summed E-state index contributed by atoms with van der Waals surface area (Å²) >= 11 is 0. The van der Waals surface area contributed by atoms with Gasteiger partial charge in [0.05, 0.1) is 10.1 Å². The molecule has 0 amide bonds. The van der Waals surface area contributed by atoms with Gasteiger partial charge in [0, 0.05) is 12.6 Å². The van der Waals surface area contributed by atoms with Crippen LogP contribution in [0, 0.1) is 0 Å². The van der Waals surface area contributed by atoms with Crippen LogP contribution < -0.4 is 0 Å². The molecule has 1 aromatic carbocycles. The molecule has 0 saturated carbocycles. The smallest absolute Gasteiger partial charge is 0.180 e. The molecule has 0 aromatic heterocycles. The first-order chi connectivity index (χ1) is 9.96. The van der Waals surface area contributed by atoms with E-state index in [9.17, 15) is 13.5 Å². The van der Waals surface area contributed by atoms with E-state index in [2.05, 4.69) is 4.90 Å². The molecule has 21 heavy (non-hydrogen) atoms. The van der Waals surface area contributed by atoms with Crippen LogP contribution in [-0.2, 0) is 9.84 Å². The maximum absolute atomic E-state index is 12.3. The van der Waals surface area contributed by atoms with E-state index in [0.717, 1.165) is 18.7 Å². The minimum Gasteiger partial charge on any atom is -0.396 e. The molecule has 1 N–H and O–H groups in total. The van der Waals surface area contributed by atoms with Gasteiger partial charge in [-0.1, -0.05) is 12.1 Å². The lowest BCUT2D eigenvalue weighted by atomic mass is 10.0. The quantitative estimate of drug-likeness (QED) is 0.876. The largest absolute Gasteiger partial charge is 0.396 e. The molecule has 1 aromatic rings. The Kier molecular flexibility index (Phi) is 5.41. The second kappa shape index (κ2) is 6.90. The zero-order valence-corrected chi connectivity index (χ0v) is 13.6. The van der Waals surface area contributed by atoms with Crippen LogP contribution in [0.5, 0.6) is 0 Å². The third kappa shape index (κ3) is 3.65. The van der Waals surface area contributed by atoms with Gasteiger partial charge >= 0.3 is 0 Å². The van der Waals surface area contributed by atoms with E-state index in [1.807, 2.05) is 12.1 Å². The van der Waals surface area contributed by atoms with Crippen molar-refractivity contribution in [3.63, 3.8) is 0 Å². The van der Waals surface area contributed by atoms with Crippen molar-refractivity contribution in [2.45, 2.75) is 49.3 Å². The Hall–Kier alpha value is -0.910. The fourth-order valence-electron chi connectivity index (χ4n) is 2.91. The number of aliphatic hydroxyl groups is 1. The SMILES string of the molecule is CC(C)S(=O)(=O)c1cccc(C(CCO)N2CCCC2)c1. The number of aliphatic hydroxyl groups excluding tert-OH is 1. The van der Waals surface area contributed by atoms with Crippen LogP contribution in [0.25, 0.3) is 0 Å². The maximum Gasteiger partial charge on any atom is 0.180 e. The third-order valence-corrected chi connectivity index (χ3v) is 6.33. The van der Waals surface area contributed by atoms with Crippen LogP contribution in [0.3, 0.4) is 0 Å². The lowest BCUT2D eigenvalue weighted by Crippen LogP contribution is -2.26. The molecule has 1 aliphatic rings. The number of benzene rings is 1. The van der Waals surface area contributed by atoms with Gasteiger partial charge in [0.1, 0.15) is 0 Å². The van der Waals surface area contributed by atoms with Crippen molar-refractivity contribution in [3.05, 3.63) is 29.8 Å². The molecule has 2 rings (SSSR count). The standard InChI is InChI=1S/C16H25NO3S/c1-13(2)21(19,20)15-7-5-6-14(12-15)16(8-11-18)17-9-3-4-10-17/h5-7,12-13,16,18H,3-4,8-11H2,1-2H3. The number of hydrogen-bond donors (Lipinski definition) is 1. The number of likely N-dealkylation sites (tertiary alicyclic amines) is 1. The van der Waals surface area contributed by atoms with Crippen molar-refractivity contribution < 1.29 is 13.5 Å². The zero-order chi connectivity index (χ0) is 15.5. The fraction of sp³-hybridized carbons (Fsp3) is 0.625. The van der Waals surface area contributed by atoms with Gasteiger partial charge in [-0.05, 0) is 63.9 Å². The predicted octanol–water partition coefficient (Wildman–Crippen LogP) is 2.39. The van der Waals surface area contributed by atoms with Crippen LogP contribution >= 0.6 is 0 Å². The Morgan fingerprint density at radius 3 is 2.48 bits per heavy atom. The second-order valence-electron chi connectivity index (χ2n) is 5.94. The highest BCUT2D eigenvalue weighted by Crippen LogP contribution is 2.29. The second-order valence-corrected chi connectivity index (χ2v) is 8.44. The first-order valence-corrected chi connectivity index (χ1v) is 9.20. The molecular weight excluding hydrogens is 286 g/mol. The topological polar surface area (TPSA) is 57.6 Å². The summed E-state index contributed by atoms with van der Waals surface area (Å²) in [6, 6.07) is 7.34.